The molecule has 0 aliphatic rings. The highest BCUT2D eigenvalue weighted by molar-refractivity contribution is 7.88. The van der Waals surface area contributed by atoms with Crippen LogP contribution in [-0.2, 0) is 15.8 Å². The minimum atomic E-state index is -3.48. The van der Waals surface area contributed by atoms with Crippen molar-refractivity contribution >= 4 is 21.4 Å². The van der Waals surface area contributed by atoms with Crippen molar-refractivity contribution in [3.63, 3.8) is 0 Å². The molecular formula is C17H23FN2O2S2. The number of halogens is 1. The first-order chi connectivity index (χ1) is 11.4. The summed E-state index contributed by atoms with van der Waals surface area (Å²) in [5.74, 6) is -0.522. The number of nitrogens with one attached hydrogen (secondary N) is 1. The summed E-state index contributed by atoms with van der Waals surface area (Å²) in [6, 6.07) is 9.56. The molecule has 0 saturated carbocycles. The van der Waals surface area contributed by atoms with E-state index in [-0.39, 0.29) is 17.6 Å². The van der Waals surface area contributed by atoms with Gasteiger partial charge in [0.2, 0.25) is 10.0 Å². The number of benzene rings is 1. The lowest BCUT2D eigenvalue weighted by Gasteiger charge is -2.29. The lowest BCUT2D eigenvalue weighted by Crippen LogP contribution is -2.38. The van der Waals surface area contributed by atoms with Crippen molar-refractivity contribution < 1.29 is 12.8 Å². The predicted molar refractivity (Wildman–Crippen MR) is 97.0 cm³/mol. The molecule has 0 aliphatic carbocycles. The van der Waals surface area contributed by atoms with Gasteiger partial charge in [-0.1, -0.05) is 32.0 Å². The number of sulfonamides is 1. The Morgan fingerprint density at radius 2 is 1.83 bits per heavy atom. The Morgan fingerprint density at radius 3 is 2.38 bits per heavy atom. The average Bonchev–Trinajstić information content (AvgIpc) is 3.07. The van der Waals surface area contributed by atoms with Crippen LogP contribution in [0.15, 0.2) is 41.8 Å². The summed E-state index contributed by atoms with van der Waals surface area (Å²) in [5, 5.41) is 2.00. The van der Waals surface area contributed by atoms with Crippen molar-refractivity contribution in [1.82, 2.24) is 9.62 Å². The molecule has 2 rings (SSSR count). The zero-order valence-electron chi connectivity index (χ0n) is 13.9. The zero-order chi connectivity index (χ0) is 17.6. The molecule has 0 spiro atoms. The van der Waals surface area contributed by atoms with E-state index in [2.05, 4.69) is 23.5 Å². The van der Waals surface area contributed by atoms with Gasteiger partial charge in [-0.15, -0.1) is 11.3 Å². The molecule has 0 bridgehead atoms. The molecule has 1 aromatic heterocycles. The van der Waals surface area contributed by atoms with Crippen LogP contribution in [0, 0.1) is 5.82 Å². The van der Waals surface area contributed by atoms with Crippen molar-refractivity contribution in [3.05, 3.63) is 58.0 Å². The van der Waals surface area contributed by atoms with E-state index in [1.165, 1.54) is 24.3 Å². The van der Waals surface area contributed by atoms with Gasteiger partial charge >= 0.3 is 0 Å². The number of hydrogen-bond donors (Lipinski definition) is 1. The van der Waals surface area contributed by atoms with Crippen LogP contribution < -0.4 is 4.72 Å². The molecule has 1 atom stereocenters. The summed E-state index contributed by atoms with van der Waals surface area (Å²) in [6.45, 7) is 6.15. The van der Waals surface area contributed by atoms with E-state index in [0.29, 0.717) is 12.1 Å². The quantitative estimate of drug-likeness (QED) is 0.736. The largest absolute Gasteiger partial charge is 0.295 e. The molecule has 0 aliphatic heterocycles. The summed E-state index contributed by atoms with van der Waals surface area (Å²) >= 11 is 1.63. The minimum absolute atomic E-state index is 0.0167. The fraction of sp³-hybridized carbons (Fsp3) is 0.412. The van der Waals surface area contributed by atoms with Crippen molar-refractivity contribution in [2.24, 2.45) is 0 Å². The molecule has 24 heavy (non-hydrogen) atoms. The van der Waals surface area contributed by atoms with Crippen LogP contribution in [0.25, 0.3) is 0 Å². The summed E-state index contributed by atoms with van der Waals surface area (Å²) in [4.78, 5) is 3.37. The third-order valence-corrected chi connectivity index (χ3v) is 6.18. The van der Waals surface area contributed by atoms with Crippen molar-refractivity contribution in [2.45, 2.75) is 25.6 Å². The van der Waals surface area contributed by atoms with E-state index in [1.54, 1.807) is 11.3 Å². The van der Waals surface area contributed by atoms with Gasteiger partial charge in [-0.3, -0.25) is 4.90 Å². The highest BCUT2D eigenvalue weighted by Crippen LogP contribution is 2.24. The van der Waals surface area contributed by atoms with Crippen LogP contribution in [0.1, 0.15) is 30.3 Å². The van der Waals surface area contributed by atoms with Gasteiger partial charge in [-0.25, -0.2) is 17.5 Å². The molecule has 0 saturated heterocycles. The molecule has 2 aromatic rings. The average molecular weight is 371 g/mol. The Hall–Kier alpha value is -1.28. The van der Waals surface area contributed by atoms with Gasteiger partial charge in [-0.2, -0.15) is 0 Å². The summed E-state index contributed by atoms with van der Waals surface area (Å²) in [6.07, 6.45) is 0. The first kappa shape index (κ1) is 19.1. The number of thiophene rings is 1. The molecule has 0 radical (unpaired) electrons. The molecule has 132 valence electrons. The first-order valence-corrected chi connectivity index (χ1v) is 10.5. The molecule has 7 heteroatoms. The van der Waals surface area contributed by atoms with Crippen LogP contribution >= 0.6 is 11.3 Å². The normalized spacial score (nSPS) is 13.3. The maximum Gasteiger partial charge on any atom is 0.215 e. The summed E-state index contributed by atoms with van der Waals surface area (Å²) in [7, 11) is -3.48. The Morgan fingerprint density at radius 1 is 1.17 bits per heavy atom. The van der Waals surface area contributed by atoms with Gasteiger partial charge < -0.3 is 0 Å². The van der Waals surface area contributed by atoms with E-state index < -0.39 is 10.0 Å². The summed E-state index contributed by atoms with van der Waals surface area (Å²) in [5.41, 5.74) is 0.569. The minimum Gasteiger partial charge on any atom is -0.295 e. The van der Waals surface area contributed by atoms with Gasteiger partial charge in [0.05, 0.1) is 11.8 Å². The Balaban J connectivity index is 2.05. The predicted octanol–water partition coefficient (Wildman–Crippen LogP) is 3.39. The highest BCUT2D eigenvalue weighted by Gasteiger charge is 2.21. The standard InChI is InChI=1S/C17H23FN2O2S2/c1-3-20(4-2)16(17-6-5-11-23-17)12-19-24(21,22)13-14-7-9-15(18)10-8-14/h5-11,16,19H,3-4,12-13H2,1-2H3. The maximum atomic E-state index is 12.9. The molecule has 0 fully saturated rings. The van der Waals surface area contributed by atoms with Crippen LogP contribution in [0.3, 0.4) is 0 Å². The SMILES string of the molecule is CCN(CC)C(CNS(=O)(=O)Cc1ccc(F)cc1)c1cccs1. The van der Waals surface area contributed by atoms with E-state index in [1.807, 2.05) is 17.5 Å². The maximum absolute atomic E-state index is 12.9. The van der Waals surface area contributed by atoms with Gasteiger partial charge in [0, 0.05) is 11.4 Å². The second kappa shape index (κ2) is 8.71. The highest BCUT2D eigenvalue weighted by atomic mass is 32.2. The zero-order valence-corrected chi connectivity index (χ0v) is 15.5. The van der Waals surface area contributed by atoms with Gasteiger partial charge in [-0.05, 0) is 42.2 Å². The third-order valence-electron chi connectivity index (χ3n) is 3.89. The molecule has 4 nitrogen and oxygen atoms in total. The van der Waals surface area contributed by atoms with Gasteiger partial charge in [0.15, 0.2) is 0 Å². The van der Waals surface area contributed by atoms with Crippen LogP contribution in [0.2, 0.25) is 0 Å². The van der Waals surface area contributed by atoms with Crippen LogP contribution in [-0.4, -0.2) is 33.0 Å². The monoisotopic (exact) mass is 370 g/mol. The number of likely N-dealkylation sites (N-methyl/N-ethyl adjacent to an activating group) is 1. The second-order valence-electron chi connectivity index (χ2n) is 5.49. The molecule has 1 unspecified atom stereocenters. The molecule has 1 aromatic carbocycles. The summed E-state index contributed by atoms with van der Waals surface area (Å²) < 4.78 is 40.3. The van der Waals surface area contributed by atoms with E-state index >= 15 is 0 Å². The van der Waals surface area contributed by atoms with Gasteiger partial charge in [0.1, 0.15) is 5.82 Å². The van der Waals surface area contributed by atoms with E-state index in [9.17, 15) is 12.8 Å². The Kier molecular flexibility index (Phi) is 6.91. The lowest BCUT2D eigenvalue weighted by atomic mass is 10.2. The second-order valence-corrected chi connectivity index (χ2v) is 8.27. The van der Waals surface area contributed by atoms with Crippen LogP contribution in [0.4, 0.5) is 4.39 Å². The smallest absolute Gasteiger partial charge is 0.215 e. The van der Waals surface area contributed by atoms with E-state index in [4.69, 9.17) is 0 Å². The topological polar surface area (TPSA) is 49.4 Å². The fourth-order valence-corrected chi connectivity index (χ4v) is 4.62. The molecule has 0 amide bonds. The molecular weight excluding hydrogens is 347 g/mol. The Bertz CT molecular complexity index is 712. The van der Waals surface area contributed by atoms with Crippen LogP contribution in [0.5, 0.6) is 0 Å². The number of nitrogens with zero attached hydrogens (tertiary/aromatic N) is 1. The first-order valence-electron chi connectivity index (χ1n) is 7.94. The third kappa shape index (κ3) is 5.37. The van der Waals surface area contributed by atoms with Crippen molar-refractivity contribution in [1.29, 1.82) is 0 Å². The van der Waals surface area contributed by atoms with E-state index in [0.717, 1.165) is 18.0 Å². The molecule has 1 N–H and O–H groups in total. The van der Waals surface area contributed by atoms with Crippen molar-refractivity contribution in [2.75, 3.05) is 19.6 Å². The fourth-order valence-electron chi connectivity index (χ4n) is 2.61. The number of hydrogen-bond acceptors (Lipinski definition) is 4. The van der Waals surface area contributed by atoms with Gasteiger partial charge in [0.25, 0.3) is 0 Å². The molecule has 1 heterocycles. The Labute approximate surface area is 147 Å². The lowest BCUT2D eigenvalue weighted by molar-refractivity contribution is 0.223. The number of rotatable bonds is 9. The van der Waals surface area contributed by atoms with Crippen molar-refractivity contribution in [3.8, 4) is 0 Å².